The van der Waals surface area contributed by atoms with E-state index in [2.05, 4.69) is 163 Å². The summed E-state index contributed by atoms with van der Waals surface area (Å²) in [6, 6.07) is 58.5. The van der Waals surface area contributed by atoms with E-state index in [4.69, 9.17) is 4.42 Å². The SMILES string of the molecule is c1ccc(-c2ccc(N(c3ccc4ccccc4c3)c3cccc4c3ccc3ccccc34)c3c2oc2ccccc23)cc1. The van der Waals surface area contributed by atoms with Crippen molar-refractivity contribution in [1.82, 2.24) is 0 Å². The van der Waals surface area contributed by atoms with Crippen LogP contribution in [0.2, 0.25) is 0 Å². The molecule has 0 aliphatic rings. The van der Waals surface area contributed by atoms with E-state index >= 15 is 0 Å². The van der Waals surface area contributed by atoms with Crippen LogP contribution in [0.3, 0.4) is 0 Å². The molecule has 0 radical (unpaired) electrons. The highest BCUT2D eigenvalue weighted by Gasteiger charge is 2.23. The highest BCUT2D eigenvalue weighted by Crippen LogP contribution is 2.48. The molecule has 0 fully saturated rings. The predicted octanol–water partition coefficient (Wildman–Crippen LogP) is 12.2. The summed E-state index contributed by atoms with van der Waals surface area (Å²) in [6.45, 7) is 0. The number of rotatable bonds is 4. The molecule has 44 heavy (non-hydrogen) atoms. The molecular weight excluding hydrogens is 534 g/mol. The maximum atomic E-state index is 6.69. The minimum atomic E-state index is 0.884. The molecule has 0 saturated heterocycles. The Bertz CT molecular complexity index is 2510. The first-order valence-corrected chi connectivity index (χ1v) is 15.0. The Morgan fingerprint density at radius 3 is 2.00 bits per heavy atom. The van der Waals surface area contributed by atoms with Gasteiger partial charge in [0.25, 0.3) is 0 Å². The first-order valence-electron chi connectivity index (χ1n) is 15.0. The van der Waals surface area contributed by atoms with Gasteiger partial charge in [-0.25, -0.2) is 0 Å². The number of hydrogen-bond donors (Lipinski definition) is 0. The van der Waals surface area contributed by atoms with Crippen LogP contribution in [0.1, 0.15) is 0 Å². The first kappa shape index (κ1) is 24.7. The second-order valence-electron chi connectivity index (χ2n) is 11.3. The standard InChI is InChI=1S/C42H27NO/c1-2-12-29(13-3-1)34-25-26-39(41-37-17-8-9-20-40(37)44-42(34)41)43(32-23-21-28-11-4-5-15-31(28)27-32)38-19-10-18-35-33-16-7-6-14-30(33)22-24-36(35)38/h1-27H. The molecule has 0 atom stereocenters. The fraction of sp³-hybridized carbons (Fsp3) is 0. The van der Waals surface area contributed by atoms with E-state index < -0.39 is 0 Å². The fourth-order valence-electron chi connectivity index (χ4n) is 6.78. The van der Waals surface area contributed by atoms with Crippen LogP contribution in [0.4, 0.5) is 17.1 Å². The lowest BCUT2D eigenvalue weighted by atomic mass is 9.97. The van der Waals surface area contributed by atoms with Crippen LogP contribution < -0.4 is 4.90 Å². The van der Waals surface area contributed by atoms with Crippen LogP contribution in [0, 0.1) is 0 Å². The smallest absolute Gasteiger partial charge is 0.145 e. The van der Waals surface area contributed by atoms with Gasteiger partial charge in [0.05, 0.1) is 16.8 Å². The predicted molar refractivity (Wildman–Crippen MR) is 186 cm³/mol. The normalized spacial score (nSPS) is 11.6. The quantitative estimate of drug-likeness (QED) is 0.199. The number of hydrogen-bond acceptors (Lipinski definition) is 2. The highest BCUT2D eigenvalue weighted by atomic mass is 16.3. The van der Waals surface area contributed by atoms with Crippen LogP contribution in [0.5, 0.6) is 0 Å². The molecule has 9 aromatic rings. The van der Waals surface area contributed by atoms with Crippen LogP contribution >= 0.6 is 0 Å². The molecular formula is C42H27NO. The summed E-state index contributed by atoms with van der Waals surface area (Å²) < 4.78 is 6.69. The third-order valence-corrected chi connectivity index (χ3v) is 8.83. The number of nitrogens with zero attached hydrogens (tertiary/aromatic N) is 1. The van der Waals surface area contributed by atoms with E-state index in [0.29, 0.717) is 0 Å². The van der Waals surface area contributed by atoms with Crippen molar-refractivity contribution >= 4 is 71.3 Å². The molecule has 2 heteroatoms. The summed E-state index contributed by atoms with van der Waals surface area (Å²) in [7, 11) is 0. The Morgan fingerprint density at radius 1 is 0.409 bits per heavy atom. The van der Waals surface area contributed by atoms with Gasteiger partial charge in [0.1, 0.15) is 11.2 Å². The maximum Gasteiger partial charge on any atom is 0.145 e. The molecule has 9 rings (SSSR count). The van der Waals surface area contributed by atoms with Crippen molar-refractivity contribution in [2.75, 3.05) is 4.90 Å². The molecule has 0 unspecified atom stereocenters. The first-order chi connectivity index (χ1) is 21.8. The van der Waals surface area contributed by atoms with E-state index in [1.807, 2.05) is 6.07 Å². The van der Waals surface area contributed by atoms with E-state index in [9.17, 15) is 0 Å². The van der Waals surface area contributed by atoms with Crippen LogP contribution in [0.15, 0.2) is 168 Å². The Balaban J connectivity index is 1.40. The molecule has 0 aliphatic carbocycles. The van der Waals surface area contributed by atoms with E-state index in [1.54, 1.807) is 0 Å². The van der Waals surface area contributed by atoms with Gasteiger partial charge in [-0.1, -0.05) is 127 Å². The van der Waals surface area contributed by atoms with Gasteiger partial charge in [0.15, 0.2) is 0 Å². The van der Waals surface area contributed by atoms with Gasteiger partial charge >= 0.3 is 0 Å². The monoisotopic (exact) mass is 561 g/mol. The van der Waals surface area contributed by atoms with Gasteiger partial charge < -0.3 is 9.32 Å². The van der Waals surface area contributed by atoms with Crippen LogP contribution in [0.25, 0.3) is 65.4 Å². The highest BCUT2D eigenvalue weighted by molar-refractivity contribution is 6.19. The number of benzene rings is 8. The Kier molecular flexibility index (Phi) is 5.54. The van der Waals surface area contributed by atoms with E-state index in [-0.39, 0.29) is 0 Å². The Morgan fingerprint density at radius 2 is 1.11 bits per heavy atom. The summed E-state index contributed by atoms with van der Waals surface area (Å²) in [5, 5.41) is 9.56. The zero-order valence-corrected chi connectivity index (χ0v) is 23.9. The molecule has 0 saturated carbocycles. The van der Waals surface area contributed by atoms with Gasteiger partial charge in [-0.05, 0) is 68.9 Å². The summed E-state index contributed by atoms with van der Waals surface area (Å²) in [5.41, 5.74) is 7.31. The Labute approximate surface area is 255 Å². The molecule has 0 N–H and O–H groups in total. The molecule has 0 bridgehead atoms. The summed E-state index contributed by atoms with van der Waals surface area (Å²) in [4.78, 5) is 2.42. The maximum absolute atomic E-state index is 6.69. The average molecular weight is 562 g/mol. The summed E-state index contributed by atoms with van der Waals surface area (Å²) >= 11 is 0. The lowest BCUT2D eigenvalue weighted by Gasteiger charge is -2.28. The van der Waals surface area contributed by atoms with Crippen molar-refractivity contribution in [2.45, 2.75) is 0 Å². The van der Waals surface area contributed by atoms with Gasteiger partial charge in [0.2, 0.25) is 0 Å². The topological polar surface area (TPSA) is 16.4 Å². The molecule has 206 valence electrons. The van der Waals surface area contributed by atoms with E-state index in [0.717, 1.165) is 50.1 Å². The third kappa shape index (κ3) is 3.82. The molecule has 2 nitrogen and oxygen atoms in total. The number of fused-ring (bicyclic) bond motifs is 7. The Hall–Kier alpha value is -5.86. The third-order valence-electron chi connectivity index (χ3n) is 8.83. The molecule has 0 aliphatic heterocycles. The lowest BCUT2D eigenvalue weighted by molar-refractivity contribution is 0.670. The van der Waals surface area contributed by atoms with Crippen molar-refractivity contribution in [3.63, 3.8) is 0 Å². The molecule has 0 spiro atoms. The van der Waals surface area contributed by atoms with Crippen molar-refractivity contribution in [3.8, 4) is 11.1 Å². The van der Waals surface area contributed by atoms with E-state index in [1.165, 1.54) is 32.3 Å². The second-order valence-corrected chi connectivity index (χ2v) is 11.3. The number of anilines is 3. The summed E-state index contributed by atoms with van der Waals surface area (Å²) in [5.74, 6) is 0. The van der Waals surface area contributed by atoms with Crippen molar-refractivity contribution in [2.24, 2.45) is 0 Å². The lowest BCUT2D eigenvalue weighted by Crippen LogP contribution is -2.11. The van der Waals surface area contributed by atoms with Gasteiger partial charge in [0, 0.05) is 22.0 Å². The largest absolute Gasteiger partial charge is 0.455 e. The molecule has 0 amide bonds. The van der Waals surface area contributed by atoms with Gasteiger partial charge in [-0.15, -0.1) is 0 Å². The molecule has 1 aromatic heterocycles. The zero-order valence-electron chi connectivity index (χ0n) is 23.9. The van der Waals surface area contributed by atoms with Crippen molar-refractivity contribution in [3.05, 3.63) is 164 Å². The van der Waals surface area contributed by atoms with Crippen LogP contribution in [-0.2, 0) is 0 Å². The molecule has 8 aromatic carbocycles. The summed E-state index contributed by atoms with van der Waals surface area (Å²) in [6.07, 6.45) is 0. The number of furan rings is 1. The zero-order chi connectivity index (χ0) is 29.0. The van der Waals surface area contributed by atoms with Crippen molar-refractivity contribution < 1.29 is 4.42 Å². The van der Waals surface area contributed by atoms with Gasteiger partial charge in [-0.2, -0.15) is 0 Å². The second kappa shape index (κ2) is 9.86. The fourth-order valence-corrected chi connectivity index (χ4v) is 6.78. The minimum absolute atomic E-state index is 0.884. The van der Waals surface area contributed by atoms with Crippen molar-refractivity contribution in [1.29, 1.82) is 0 Å². The number of para-hydroxylation sites is 1. The average Bonchev–Trinajstić information content (AvgIpc) is 3.49. The minimum Gasteiger partial charge on any atom is -0.455 e. The van der Waals surface area contributed by atoms with Gasteiger partial charge in [-0.3, -0.25) is 0 Å². The van der Waals surface area contributed by atoms with Crippen LogP contribution in [-0.4, -0.2) is 0 Å². The molecule has 1 heterocycles.